The molecule has 0 aliphatic rings. The molecule has 1 aromatic rings. The SMILES string of the molecule is O=C(O)Cc1nc(C(F)(F)F)c(Br)cc1OC(F)(F)F. The molecule has 11 heteroatoms. The van der Waals surface area contributed by atoms with Gasteiger partial charge >= 0.3 is 18.5 Å². The molecular weight excluding hydrogens is 364 g/mol. The number of ether oxygens (including phenoxy) is 1. The summed E-state index contributed by atoms with van der Waals surface area (Å²) in [6.07, 6.45) is -11.3. The van der Waals surface area contributed by atoms with Crippen LogP contribution in [0.25, 0.3) is 0 Å². The van der Waals surface area contributed by atoms with E-state index in [2.05, 4.69) is 25.7 Å². The number of rotatable bonds is 3. The average Bonchev–Trinajstić information content (AvgIpc) is 2.16. The van der Waals surface area contributed by atoms with Crippen LogP contribution < -0.4 is 4.74 Å². The van der Waals surface area contributed by atoms with Crippen molar-refractivity contribution in [1.82, 2.24) is 4.98 Å². The predicted molar refractivity (Wildman–Crippen MR) is 55.0 cm³/mol. The Kier molecular flexibility index (Phi) is 4.52. The maximum Gasteiger partial charge on any atom is 0.573 e. The minimum absolute atomic E-state index is 0.377. The average molecular weight is 368 g/mol. The molecule has 0 saturated carbocycles. The van der Waals surface area contributed by atoms with E-state index >= 15 is 0 Å². The van der Waals surface area contributed by atoms with Gasteiger partial charge in [-0.3, -0.25) is 4.79 Å². The molecule has 0 fully saturated rings. The van der Waals surface area contributed by atoms with Gasteiger partial charge in [0.15, 0.2) is 11.4 Å². The Hall–Kier alpha value is -1.52. The maximum atomic E-state index is 12.5. The molecule has 0 amide bonds. The highest BCUT2D eigenvalue weighted by molar-refractivity contribution is 9.10. The Labute approximate surface area is 115 Å². The van der Waals surface area contributed by atoms with E-state index in [0.29, 0.717) is 6.07 Å². The highest BCUT2D eigenvalue weighted by Gasteiger charge is 2.38. The van der Waals surface area contributed by atoms with Gasteiger partial charge in [0.05, 0.1) is 16.6 Å². The van der Waals surface area contributed by atoms with Gasteiger partial charge in [-0.2, -0.15) is 13.2 Å². The number of carboxylic acids is 1. The summed E-state index contributed by atoms with van der Waals surface area (Å²) in [6, 6.07) is 0.377. The zero-order valence-corrected chi connectivity index (χ0v) is 10.7. The van der Waals surface area contributed by atoms with Gasteiger partial charge in [-0.15, -0.1) is 13.2 Å². The molecule has 0 atom stereocenters. The van der Waals surface area contributed by atoms with Crippen LogP contribution in [-0.2, 0) is 17.4 Å². The molecule has 0 bridgehead atoms. The molecule has 0 aliphatic heterocycles. The highest BCUT2D eigenvalue weighted by Crippen LogP contribution is 2.37. The summed E-state index contributed by atoms with van der Waals surface area (Å²) in [7, 11) is 0. The molecule has 1 N–H and O–H groups in total. The first-order valence-electron chi connectivity index (χ1n) is 4.64. The number of alkyl halides is 6. The van der Waals surface area contributed by atoms with Crippen molar-refractivity contribution < 1.29 is 41.0 Å². The van der Waals surface area contributed by atoms with Crippen LogP contribution in [0.4, 0.5) is 26.3 Å². The van der Waals surface area contributed by atoms with Crippen LogP contribution in [0.1, 0.15) is 11.4 Å². The molecular formula is C9H4BrF6NO3. The summed E-state index contributed by atoms with van der Waals surface area (Å²) in [4.78, 5) is 13.4. The fourth-order valence-corrected chi connectivity index (χ4v) is 1.71. The second-order valence-corrected chi connectivity index (χ2v) is 4.23. The van der Waals surface area contributed by atoms with Crippen molar-refractivity contribution in [3.05, 3.63) is 21.9 Å². The second kappa shape index (κ2) is 5.46. The number of aromatic nitrogens is 1. The first-order chi connectivity index (χ1) is 8.90. The Balaban J connectivity index is 3.36. The molecule has 20 heavy (non-hydrogen) atoms. The van der Waals surface area contributed by atoms with Crippen molar-refractivity contribution >= 4 is 21.9 Å². The van der Waals surface area contributed by atoms with Crippen molar-refractivity contribution in [1.29, 1.82) is 0 Å². The van der Waals surface area contributed by atoms with Gasteiger partial charge in [-0.25, -0.2) is 4.98 Å². The number of aliphatic carboxylic acids is 1. The fourth-order valence-electron chi connectivity index (χ4n) is 1.19. The van der Waals surface area contributed by atoms with Gasteiger partial charge in [0.25, 0.3) is 0 Å². The first kappa shape index (κ1) is 16.5. The normalized spacial score (nSPS) is 12.3. The zero-order valence-electron chi connectivity index (χ0n) is 9.14. The van der Waals surface area contributed by atoms with E-state index in [-0.39, 0.29) is 0 Å². The van der Waals surface area contributed by atoms with E-state index in [4.69, 9.17) is 5.11 Å². The number of pyridine rings is 1. The van der Waals surface area contributed by atoms with E-state index in [1.165, 1.54) is 0 Å². The maximum absolute atomic E-state index is 12.5. The first-order valence-corrected chi connectivity index (χ1v) is 5.43. The molecule has 0 saturated heterocycles. The van der Waals surface area contributed by atoms with E-state index in [0.717, 1.165) is 0 Å². The van der Waals surface area contributed by atoms with Crippen LogP contribution in [0.2, 0.25) is 0 Å². The van der Waals surface area contributed by atoms with Crippen molar-refractivity contribution in [3.8, 4) is 5.75 Å². The lowest BCUT2D eigenvalue weighted by atomic mass is 10.2. The second-order valence-electron chi connectivity index (χ2n) is 3.38. The smallest absolute Gasteiger partial charge is 0.481 e. The minimum Gasteiger partial charge on any atom is -0.481 e. The Morgan fingerprint density at radius 1 is 1.30 bits per heavy atom. The summed E-state index contributed by atoms with van der Waals surface area (Å²) in [6.45, 7) is 0. The third-order valence-electron chi connectivity index (χ3n) is 1.83. The highest BCUT2D eigenvalue weighted by atomic mass is 79.9. The molecule has 0 aliphatic carbocycles. The predicted octanol–water partition coefficient (Wildman–Crippen LogP) is 3.39. The van der Waals surface area contributed by atoms with E-state index in [1.807, 2.05) is 0 Å². The Morgan fingerprint density at radius 3 is 2.25 bits per heavy atom. The van der Waals surface area contributed by atoms with Gasteiger partial charge in [0, 0.05) is 0 Å². The topological polar surface area (TPSA) is 59.4 Å². The van der Waals surface area contributed by atoms with Gasteiger partial charge in [0.2, 0.25) is 0 Å². The van der Waals surface area contributed by atoms with Crippen molar-refractivity contribution in [2.75, 3.05) is 0 Å². The summed E-state index contributed by atoms with van der Waals surface area (Å²) in [5, 5.41) is 8.48. The largest absolute Gasteiger partial charge is 0.573 e. The standard InChI is InChI=1S/C9H4BrF6NO3/c10-3-1-5(20-9(14,15)16)4(2-6(18)19)17-7(3)8(11,12)13/h1H,2H2,(H,18,19). The van der Waals surface area contributed by atoms with Gasteiger partial charge < -0.3 is 9.84 Å². The summed E-state index contributed by atoms with van der Waals surface area (Å²) in [5.74, 6) is -2.76. The Bertz CT molecular complexity index is 528. The molecule has 0 radical (unpaired) electrons. The van der Waals surface area contributed by atoms with Crippen LogP contribution in [0.5, 0.6) is 5.75 Å². The molecule has 1 heterocycles. The third-order valence-corrected chi connectivity index (χ3v) is 2.43. The monoisotopic (exact) mass is 367 g/mol. The van der Waals surface area contributed by atoms with E-state index in [9.17, 15) is 31.1 Å². The summed E-state index contributed by atoms with van der Waals surface area (Å²) < 4.78 is 76.5. The van der Waals surface area contributed by atoms with Gasteiger partial charge in [-0.05, 0) is 22.0 Å². The molecule has 4 nitrogen and oxygen atoms in total. The molecule has 1 rings (SSSR count). The molecule has 112 valence electrons. The van der Waals surface area contributed by atoms with Crippen LogP contribution in [-0.4, -0.2) is 22.4 Å². The number of hydrogen-bond acceptors (Lipinski definition) is 3. The van der Waals surface area contributed by atoms with Crippen LogP contribution >= 0.6 is 15.9 Å². The van der Waals surface area contributed by atoms with Gasteiger partial charge in [0.1, 0.15) is 0 Å². The van der Waals surface area contributed by atoms with Crippen molar-refractivity contribution in [2.24, 2.45) is 0 Å². The van der Waals surface area contributed by atoms with Gasteiger partial charge in [-0.1, -0.05) is 0 Å². The van der Waals surface area contributed by atoms with Crippen molar-refractivity contribution in [3.63, 3.8) is 0 Å². The minimum atomic E-state index is -5.19. The molecule has 0 unspecified atom stereocenters. The summed E-state index contributed by atoms with van der Waals surface area (Å²) in [5.41, 5.74) is -2.52. The lowest BCUT2D eigenvalue weighted by Gasteiger charge is -2.15. The number of carbonyl (C=O) groups is 1. The quantitative estimate of drug-likeness (QED) is 0.832. The molecule has 0 spiro atoms. The number of hydrogen-bond donors (Lipinski definition) is 1. The van der Waals surface area contributed by atoms with Crippen LogP contribution in [0.3, 0.4) is 0 Å². The number of carboxylic acid groups (broad SMARTS) is 1. The fraction of sp³-hybridized carbons (Fsp3) is 0.333. The lowest BCUT2D eigenvalue weighted by molar-refractivity contribution is -0.275. The zero-order chi connectivity index (χ0) is 15.7. The molecule has 1 aromatic heterocycles. The van der Waals surface area contributed by atoms with Crippen LogP contribution in [0.15, 0.2) is 10.5 Å². The van der Waals surface area contributed by atoms with Crippen molar-refractivity contribution in [2.45, 2.75) is 19.0 Å². The van der Waals surface area contributed by atoms with E-state index < -0.39 is 46.5 Å². The number of nitrogens with zero attached hydrogens (tertiary/aromatic N) is 1. The van der Waals surface area contributed by atoms with E-state index in [1.54, 1.807) is 0 Å². The van der Waals surface area contributed by atoms with Crippen LogP contribution in [0, 0.1) is 0 Å². The third kappa shape index (κ3) is 4.54. The Morgan fingerprint density at radius 2 is 1.85 bits per heavy atom. The number of halogens is 7. The lowest BCUT2D eigenvalue weighted by Crippen LogP contribution is -2.21. The molecule has 0 aromatic carbocycles. The summed E-state index contributed by atoms with van der Waals surface area (Å²) >= 11 is 2.41.